The smallest absolute Gasteiger partial charge is 0.339 e. The van der Waals surface area contributed by atoms with Crippen LogP contribution in [0.1, 0.15) is 27.2 Å². The van der Waals surface area contributed by atoms with Crippen LogP contribution in [0.15, 0.2) is 24.3 Å². The van der Waals surface area contributed by atoms with E-state index in [4.69, 9.17) is 39.5 Å². The number of hydrogen-bond acceptors (Lipinski definition) is 3. The predicted octanol–water partition coefficient (Wildman–Crippen LogP) is 5.21. The zero-order valence-electron chi connectivity index (χ0n) is 12.9. The summed E-state index contributed by atoms with van der Waals surface area (Å²) in [6.07, 6.45) is 0.427. The third-order valence-corrected chi connectivity index (χ3v) is 4.77. The van der Waals surface area contributed by atoms with Crippen molar-refractivity contribution in [1.29, 1.82) is 0 Å². The molecule has 0 radical (unpaired) electrons. The molecule has 0 saturated heterocycles. The number of hydrogen-bond donors (Lipinski definition) is 1. The Morgan fingerprint density at radius 3 is 2.71 bits per heavy atom. The van der Waals surface area contributed by atoms with Gasteiger partial charge in [0, 0.05) is 22.5 Å². The van der Waals surface area contributed by atoms with Crippen molar-refractivity contribution in [3.8, 4) is 0 Å². The molecule has 7 heteroatoms. The number of aromatic amines is 1. The Morgan fingerprint density at radius 1 is 1.25 bits per heavy atom. The van der Waals surface area contributed by atoms with Gasteiger partial charge in [0.05, 0.1) is 17.7 Å². The number of carbonyl (C=O) groups excluding carboxylic acids is 1. The Bertz CT molecular complexity index is 951. The zero-order chi connectivity index (χ0) is 17.4. The maximum Gasteiger partial charge on any atom is 0.339 e. The van der Waals surface area contributed by atoms with Crippen LogP contribution in [0.25, 0.3) is 11.0 Å². The first kappa shape index (κ1) is 17.1. The van der Waals surface area contributed by atoms with Crippen molar-refractivity contribution in [2.24, 2.45) is 0 Å². The summed E-state index contributed by atoms with van der Waals surface area (Å²) in [5.41, 5.74) is 3.52. The van der Waals surface area contributed by atoms with Gasteiger partial charge in [-0.3, -0.25) is 0 Å². The molecule has 124 valence electrons. The van der Waals surface area contributed by atoms with Gasteiger partial charge >= 0.3 is 5.97 Å². The second-order valence-electron chi connectivity index (χ2n) is 5.37. The molecule has 0 aliphatic rings. The molecule has 0 fully saturated rings. The number of methoxy groups -OCH3 is 1. The molecule has 0 amide bonds. The minimum Gasteiger partial charge on any atom is -0.465 e. The van der Waals surface area contributed by atoms with Crippen LogP contribution in [-0.4, -0.2) is 23.0 Å². The highest BCUT2D eigenvalue weighted by Gasteiger charge is 2.18. The number of aromatic nitrogens is 2. The number of benzene rings is 1. The molecule has 0 aliphatic carbocycles. The fourth-order valence-corrected chi connectivity index (χ4v) is 3.42. The van der Waals surface area contributed by atoms with E-state index >= 15 is 0 Å². The highest BCUT2D eigenvalue weighted by atomic mass is 35.5. The maximum atomic E-state index is 11.8. The van der Waals surface area contributed by atoms with Crippen molar-refractivity contribution in [2.75, 3.05) is 7.11 Å². The van der Waals surface area contributed by atoms with Gasteiger partial charge in [0.25, 0.3) is 0 Å². The van der Waals surface area contributed by atoms with Gasteiger partial charge in [-0.2, -0.15) is 0 Å². The number of pyridine rings is 1. The quantitative estimate of drug-likeness (QED) is 0.499. The first-order valence-corrected chi connectivity index (χ1v) is 8.24. The fourth-order valence-electron chi connectivity index (χ4n) is 2.60. The number of nitrogens with zero attached hydrogens (tertiary/aromatic N) is 1. The van der Waals surface area contributed by atoms with Gasteiger partial charge in [-0.05, 0) is 42.3 Å². The lowest BCUT2D eigenvalue weighted by Gasteiger charge is -2.09. The van der Waals surface area contributed by atoms with Gasteiger partial charge < -0.3 is 9.72 Å². The van der Waals surface area contributed by atoms with Crippen LogP contribution in [0.5, 0.6) is 0 Å². The topological polar surface area (TPSA) is 55.0 Å². The van der Waals surface area contributed by atoms with E-state index < -0.39 is 5.97 Å². The van der Waals surface area contributed by atoms with Crippen molar-refractivity contribution < 1.29 is 9.53 Å². The zero-order valence-corrected chi connectivity index (χ0v) is 15.2. The molecule has 0 spiro atoms. The highest BCUT2D eigenvalue weighted by Crippen LogP contribution is 2.31. The van der Waals surface area contributed by atoms with Crippen LogP contribution in [0.2, 0.25) is 15.2 Å². The van der Waals surface area contributed by atoms with Gasteiger partial charge in [0.15, 0.2) is 0 Å². The highest BCUT2D eigenvalue weighted by molar-refractivity contribution is 6.38. The summed E-state index contributed by atoms with van der Waals surface area (Å²) in [6, 6.07) is 6.97. The molecular formula is C17H13Cl3N2O2. The number of nitrogens with one attached hydrogen (secondary N) is 1. The monoisotopic (exact) mass is 382 g/mol. The standard InChI is InChI=1S/C17H13Cl3N2O2/c1-8-5-14(19)22-16-11(8)6-9(21-16)7-12-13(18)4-3-10(15(12)20)17(23)24-2/h3-6H,7H2,1-2H3,(H,21,22). The summed E-state index contributed by atoms with van der Waals surface area (Å²) in [4.78, 5) is 19.3. The van der Waals surface area contributed by atoms with E-state index in [1.807, 2.05) is 13.0 Å². The Morgan fingerprint density at radius 2 is 2.00 bits per heavy atom. The number of aryl methyl sites for hydroxylation is 1. The molecule has 4 nitrogen and oxygen atoms in total. The number of ether oxygens (including phenoxy) is 1. The lowest BCUT2D eigenvalue weighted by atomic mass is 10.1. The van der Waals surface area contributed by atoms with E-state index in [0.717, 1.165) is 16.6 Å². The van der Waals surface area contributed by atoms with E-state index in [-0.39, 0.29) is 10.6 Å². The molecule has 3 aromatic rings. The van der Waals surface area contributed by atoms with Gasteiger partial charge in [-0.1, -0.05) is 34.8 Å². The summed E-state index contributed by atoms with van der Waals surface area (Å²) >= 11 is 18.6. The van der Waals surface area contributed by atoms with Gasteiger partial charge in [-0.25, -0.2) is 9.78 Å². The average molecular weight is 384 g/mol. The Balaban J connectivity index is 2.05. The molecular weight excluding hydrogens is 371 g/mol. The number of halogens is 3. The largest absolute Gasteiger partial charge is 0.465 e. The van der Waals surface area contributed by atoms with Crippen molar-refractivity contribution in [3.63, 3.8) is 0 Å². The SMILES string of the molecule is COC(=O)c1ccc(Cl)c(Cc2cc3c(C)cc(Cl)nc3[nH]2)c1Cl. The first-order chi connectivity index (χ1) is 11.4. The molecule has 0 unspecified atom stereocenters. The van der Waals surface area contributed by atoms with Crippen LogP contribution < -0.4 is 0 Å². The minimum atomic E-state index is -0.501. The summed E-state index contributed by atoms with van der Waals surface area (Å²) < 4.78 is 4.74. The second kappa shape index (κ2) is 6.63. The van der Waals surface area contributed by atoms with E-state index in [2.05, 4.69) is 9.97 Å². The number of H-pyrrole nitrogens is 1. The maximum absolute atomic E-state index is 11.8. The lowest BCUT2D eigenvalue weighted by molar-refractivity contribution is 0.0601. The second-order valence-corrected chi connectivity index (χ2v) is 6.55. The fraction of sp³-hybridized carbons (Fsp3) is 0.176. The van der Waals surface area contributed by atoms with E-state index in [0.29, 0.717) is 27.8 Å². The molecule has 0 saturated carbocycles. The van der Waals surface area contributed by atoms with Crippen LogP contribution in [0, 0.1) is 6.92 Å². The normalized spacial score (nSPS) is 11.0. The molecule has 1 N–H and O–H groups in total. The molecule has 2 aromatic heterocycles. The Labute approximate surface area is 153 Å². The van der Waals surface area contributed by atoms with Crippen LogP contribution >= 0.6 is 34.8 Å². The lowest BCUT2D eigenvalue weighted by Crippen LogP contribution is -2.04. The molecule has 24 heavy (non-hydrogen) atoms. The van der Waals surface area contributed by atoms with Crippen LogP contribution in [0.3, 0.4) is 0 Å². The third kappa shape index (κ3) is 3.09. The summed E-state index contributed by atoms with van der Waals surface area (Å²) in [5.74, 6) is -0.501. The van der Waals surface area contributed by atoms with Crippen LogP contribution in [0.4, 0.5) is 0 Å². The van der Waals surface area contributed by atoms with Crippen LogP contribution in [-0.2, 0) is 11.2 Å². The Kier molecular flexibility index (Phi) is 4.72. The molecule has 0 atom stereocenters. The number of carbonyl (C=O) groups is 1. The minimum absolute atomic E-state index is 0.284. The molecule has 3 rings (SSSR count). The average Bonchev–Trinajstić information content (AvgIpc) is 2.93. The predicted molar refractivity (Wildman–Crippen MR) is 96.4 cm³/mol. The summed E-state index contributed by atoms with van der Waals surface area (Å²) in [5, 5.41) is 2.17. The third-order valence-electron chi connectivity index (χ3n) is 3.79. The van der Waals surface area contributed by atoms with Gasteiger partial charge in [0.1, 0.15) is 10.8 Å². The van der Waals surface area contributed by atoms with Crippen molar-refractivity contribution in [3.05, 3.63) is 61.8 Å². The van der Waals surface area contributed by atoms with Gasteiger partial charge in [-0.15, -0.1) is 0 Å². The number of fused-ring (bicyclic) bond motifs is 1. The van der Waals surface area contributed by atoms with Gasteiger partial charge in [0.2, 0.25) is 0 Å². The molecule has 0 bridgehead atoms. The van der Waals surface area contributed by atoms with E-state index in [1.54, 1.807) is 18.2 Å². The van der Waals surface area contributed by atoms with Crippen molar-refractivity contribution >= 4 is 51.8 Å². The molecule has 0 aliphatic heterocycles. The number of rotatable bonds is 3. The van der Waals surface area contributed by atoms with E-state index in [1.165, 1.54) is 7.11 Å². The van der Waals surface area contributed by atoms with Crippen molar-refractivity contribution in [2.45, 2.75) is 13.3 Å². The summed E-state index contributed by atoms with van der Waals surface area (Å²) in [7, 11) is 1.31. The summed E-state index contributed by atoms with van der Waals surface area (Å²) in [6.45, 7) is 1.96. The first-order valence-electron chi connectivity index (χ1n) is 7.10. The molecule has 2 heterocycles. The van der Waals surface area contributed by atoms with Crippen molar-refractivity contribution in [1.82, 2.24) is 9.97 Å². The van der Waals surface area contributed by atoms with E-state index in [9.17, 15) is 4.79 Å². The number of esters is 1. The molecule has 1 aromatic carbocycles. The Hall–Kier alpha value is -1.75.